The highest BCUT2D eigenvalue weighted by molar-refractivity contribution is 5.90. The van der Waals surface area contributed by atoms with E-state index < -0.39 is 0 Å². The maximum Gasteiger partial charge on any atom is 0.0665 e. The van der Waals surface area contributed by atoms with E-state index in [0.29, 0.717) is 0 Å². The van der Waals surface area contributed by atoms with Crippen molar-refractivity contribution in [1.82, 2.24) is 9.97 Å². The van der Waals surface area contributed by atoms with E-state index in [-0.39, 0.29) is 0 Å². The van der Waals surface area contributed by atoms with Gasteiger partial charge in [0.15, 0.2) is 0 Å². The Morgan fingerprint density at radius 3 is 2.69 bits per heavy atom. The molecule has 3 rings (SSSR count). The molecule has 2 heteroatoms. The van der Waals surface area contributed by atoms with E-state index in [2.05, 4.69) is 34.2 Å². The number of nitrogens with zero attached hydrogens (tertiary/aromatic N) is 1. The summed E-state index contributed by atoms with van der Waals surface area (Å²) in [5.74, 6) is 0. The van der Waals surface area contributed by atoms with Crippen LogP contribution in [0.5, 0.6) is 0 Å². The molecule has 0 atom stereocenters. The summed E-state index contributed by atoms with van der Waals surface area (Å²) >= 11 is 0. The molecule has 1 N–H and O–H groups in total. The third-order valence-electron chi connectivity index (χ3n) is 3.11. The molecule has 0 saturated heterocycles. The highest BCUT2D eigenvalue weighted by Crippen LogP contribution is 2.38. The molecule has 0 spiro atoms. The predicted octanol–water partition coefficient (Wildman–Crippen LogP) is 3.50. The minimum Gasteiger partial charge on any atom is -0.361 e. The molecule has 0 aromatic carbocycles. The molecular weight excluding hydrogens is 196 g/mol. The monoisotopic (exact) mass is 210 g/mol. The van der Waals surface area contributed by atoms with Crippen LogP contribution in [0, 0.1) is 0 Å². The molecule has 0 aliphatic heterocycles. The minimum atomic E-state index is 1.13. The van der Waals surface area contributed by atoms with Crippen LogP contribution < -0.4 is 0 Å². The molecule has 2 nitrogen and oxygen atoms in total. The van der Waals surface area contributed by atoms with Crippen LogP contribution in [0.25, 0.3) is 11.1 Å². The summed E-state index contributed by atoms with van der Waals surface area (Å²) in [6.45, 7) is 0. The summed E-state index contributed by atoms with van der Waals surface area (Å²) in [6, 6.07) is 10.3. The van der Waals surface area contributed by atoms with Crippen LogP contribution in [0.2, 0.25) is 0 Å². The van der Waals surface area contributed by atoms with Crippen molar-refractivity contribution in [3.63, 3.8) is 0 Å². The minimum absolute atomic E-state index is 1.13. The molecule has 0 bridgehead atoms. The summed E-state index contributed by atoms with van der Waals surface area (Å²) in [6.07, 6.45) is 7.39. The Bertz CT molecular complexity index is 495. The van der Waals surface area contributed by atoms with Crippen LogP contribution in [0.15, 0.2) is 42.7 Å². The van der Waals surface area contributed by atoms with Crippen LogP contribution in [0.1, 0.15) is 30.7 Å². The van der Waals surface area contributed by atoms with Gasteiger partial charge >= 0.3 is 0 Å². The van der Waals surface area contributed by atoms with Crippen LogP contribution in [-0.4, -0.2) is 9.97 Å². The van der Waals surface area contributed by atoms with Crippen LogP contribution in [0.4, 0.5) is 0 Å². The van der Waals surface area contributed by atoms with Gasteiger partial charge in [-0.25, -0.2) is 0 Å². The molecule has 1 aliphatic carbocycles. The SMILES string of the molecule is c1ccc(C2=C(c3ccc[nH]3)CCC2)nc1. The second-order valence-electron chi connectivity index (χ2n) is 4.11. The number of aromatic nitrogens is 2. The molecule has 0 saturated carbocycles. The molecule has 2 aromatic rings. The maximum atomic E-state index is 4.45. The van der Waals surface area contributed by atoms with Crippen molar-refractivity contribution in [3.05, 3.63) is 54.1 Å². The van der Waals surface area contributed by atoms with Gasteiger partial charge in [0.1, 0.15) is 0 Å². The van der Waals surface area contributed by atoms with E-state index in [0.717, 1.165) is 18.5 Å². The number of rotatable bonds is 2. The van der Waals surface area contributed by atoms with E-state index in [1.54, 1.807) is 0 Å². The lowest BCUT2D eigenvalue weighted by Gasteiger charge is -2.05. The van der Waals surface area contributed by atoms with Crippen molar-refractivity contribution in [3.8, 4) is 0 Å². The highest BCUT2D eigenvalue weighted by atomic mass is 14.7. The van der Waals surface area contributed by atoms with Gasteiger partial charge in [-0.3, -0.25) is 4.98 Å². The van der Waals surface area contributed by atoms with Gasteiger partial charge in [0.05, 0.1) is 5.69 Å². The number of H-pyrrole nitrogens is 1. The van der Waals surface area contributed by atoms with Gasteiger partial charge in [-0.15, -0.1) is 0 Å². The fourth-order valence-corrected chi connectivity index (χ4v) is 2.38. The molecule has 0 radical (unpaired) electrons. The van der Waals surface area contributed by atoms with Crippen molar-refractivity contribution in [1.29, 1.82) is 0 Å². The van der Waals surface area contributed by atoms with Crippen molar-refractivity contribution < 1.29 is 0 Å². The fraction of sp³-hybridized carbons (Fsp3) is 0.214. The summed E-state index contributed by atoms with van der Waals surface area (Å²) in [4.78, 5) is 7.74. The first-order chi connectivity index (χ1) is 7.95. The fourth-order valence-electron chi connectivity index (χ4n) is 2.38. The number of hydrogen-bond donors (Lipinski definition) is 1. The topological polar surface area (TPSA) is 28.7 Å². The molecule has 0 amide bonds. The Labute approximate surface area is 95.0 Å². The van der Waals surface area contributed by atoms with Gasteiger partial charge in [-0.1, -0.05) is 6.07 Å². The summed E-state index contributed by atoms with van der Waals surface area (Å²) in [5.41, 5.74) is 5.22. The second-order valence-corrected chi connectivity index (χ2v) is 4.11. The van der Waals surface area contributed by atoms with Gasteiger partial charge in [-0.2, -0.15) is 0 Å². The lowest BCUT2D eigenvalue weighted by molar-refractivity contribution is 0.937. The van der Waals surface area contributed by atoms with Crippen LogP contribution in [0.3, 0.4) is 0 Å². The largest absolute Gasteiger partial charge is 0.361 e. The first kappa shape index (κ1) is 9.40. The van der Waals surface area contributed by atoms with Crippen molar-refractivity contribution in [2.24, 2.45) is 0 Å². The molecule has 2 aromatic heterocycles. The lowest BCUT2D eigenvalue weighted by Crippen LogP contribution is -1.88. The smallest absolute Gasteiger partial charge is 0.0665 e. The van der Waals surface area contributed by atoms with Gasteiger partial charge < -0.3 is 4.98 Å². The van der Waals surface area contributed by atoms with E-state index in [9.17, 15) is 0 Å². The van der Waals surface area contributed by atoms with E-state index in [1.165, 1.54) is 23.3 Å². The van der Waals surface area contributed by atoms with Crippen LogP contribution >= 0.6 is 0 Å². The standard InChI is InChI=1S/C14H14N2/c1-2-9-15-13(7-1)11-5-3-6-12(11)14-8-4-10-16-14/h1-2,4,7-10,16H,3,5-6H2. The average molecular weight is 210 g/mol. The van der Waals surface area contributed by atoms with Gasteiger partial charge in [0, 0.05) is 18.1 Å². The number of nitrogens with one attached hydrogen (secondary N) is 1. The van der Waals surface area contributed by atoms with Gasteiger partial charge in [0.2, 0.25) is 0 Å². The summed E-state index contributed by atoms with van der Waals surface area (Å²) in [7, 11) is 0. The van der Waals surface area contributed by atoms with E-state index in [1.807, 2.05) is 18.5 Å². The Balaban J connectivity index is 2.08. The maximum absolute atomic E-state index is 4.45. The zero-order chi connectivity index (χ0) is 10.8. The van der Waals surface area contributed by atoms with Crippen molar-refractivity contribution in [2.75, 3.05) is 0 Å². The normalized spacial score (nSPS) is 15.8. The summed E-state index contributed by atoms with van der Waals surface area (Å²) in [5, 5.41) is 0. The second kappa shape index (κ2) is 3.97. The number of hydrogen-bond acceptors (Lipinski definition) is 1. The molecule has 0 fully saturated rings. The van der Waals surface area contributed by atoms with Crippen LogP contribution in [-0.2, 0) is 0 Å². The van der Waals surface area contributed by atoms with E-state index >= 15 is 0 Å². The molecule has 1 aliphatic rings. The number of aromatic amines is 1. The number of pyridine rings is 1. The highest BCUT2D eigenvalue weighted by Gasteiger charge is 2.18. The Kier molecular flexibility index (Phi) is 2.33. The molecular formula is C14H14N2. The van der Waals surface area contributed by atoms with E-state index in [4.69, 9.17) is 0 Å². The molecule has 0 unspecified atom stereocenters. The van der Waals surface area contributed by atoms with Crippen molar-refractivity contribution >= 4 is 11.1 Å². The third-order valence-corrected chi connectivity index (χ3v) is 3.11. The Morgan fingerprint density at radius 2 is 1.94 bits per heavy atom. The van der Waals surface area contributed by atoms with Crippen molar-refractivity contribution in [2.45, 2.75) is 19.3 Å². The average Bonchev–Trinajstić information content (AvgIpc) is 3.01. The predicted molar refractivity (Wildman–Crippen MR) is 65.7 cm³/mol. The Hall–Kier alpha value is -1.83. The molecule has 16 heavy (non-hydrogen) atoms. The zero-order valence-corrected chi connectivity index (χ0v) is 9.11. The zero-order valence-electron chi connectivity index (χ0n) is 9.11. The Morgan fingerprint density at radius 1 is 1.00 bits per heavy atom. The van der Waals surface area contributed by atoms with Gasteiger partial charge in [0.25, 0.3) is 0 Å². The lowest BCUT2D eigenvalue weighted by atomic mass is 10.1. The third kappa shape index (κ3) is 1.56. The first-order valence-electron chi connectivity index (χ1n) is 5.72. The first-order valence-corrected chi connectivity index (χ1v) is 5.72. The molecule has 2 heterocycles. The quantitative estimate of drug-likeness (QED) is 0.807. The van der Waals surface area contributed by atoms with Gasteiger partial charge in [-0.05, 0) is 54.7 Å². The summed E-state index contributed by atoms with van der Waals surface area (Å²) < 4.78 is 0. The number of allylic oxidation sites excluding steroid dienone is 2. The molecule has 80 valence electrons.